The van der Waals surface area contributed by atoms with Gasteiger partial charge in [0.1, 0.15) is 11.6 Å². The van der Waals surface area contributed by atoms with Crippen molar-refractivity contribution in [2.24, 2.45) is 0 Å². The summed E-state index contributed by atoms with van der Waals surface area (Å²) >= 11 is 0. The predicted molar refractivity (Wildman–Crippen MR) is 59.6 cm³/mol. The van der Waals surface area contributed by atoms with Crippen LogP contribution in [-0.2, 0) is 0 Å². The Hall–Kier alpha value is -1.49. The minimum absolute atomic E-state index is 0.0432. The molecule has 1 unspecified atom stereocenters. The van der Waals surface area contributed by atoms with Gasteiger partial charge in [-0.1, -0.05) is 0 Å². The number of hydrogen-bond donors (Lipinski definition) is 2. The van der Waals surface area contributed by atoms with Gasteiger partial charge < -0.3 is 10.4 Å². The molecule has 3 nitrogen and oxygen atoms in total. The van der Waals surface area contributed by atoms with Crippen LogP contribution < -0.4 is 5.32 Å². The molecule has 1 atom stereocenters. The Balaban J connectivity index is 2.63. The second kappa shape index (κ2) is 6.30. The predicted octanol–water partition coefficient (Wildman–Crippen LogP) is 1.86. The Morgan fingerprint density at radius 3 is 2.47 bits per heavy atom. The second-order valence-corrected chi connectivity index (χ2v) is 3.90. The lowest BCUT2D eigenvalue weighted by atomic mass is 10.1. The highest BCUT2D eigenvalue weighted by molar-refractivity contribution is 5.94. The van der Waals surface area contributed by atoms with Gasteiger partial charge in [0.15, 0.2) is 0 Å². The van der Waals surface area contributed by atoms with Gasteiger partial charge >= 0.3 is 0 Å². The van der Waals surface area contributed by atoms with Crippen molar-refractivity contribution in [3.05, 3.63) is 35.4 Å². The Morgan fingerprint density at radius 1 is 1.35 bits per heavy atom. The molecule has 0 radical (unpaired) electrons. The molecule has 1 aromatic carbocycles. The Kier molecular flexibility index (Phi) is 5.03. The number of nitrogens with one attached hydrogen (secondary N) is 1. The van der Waals surface area contributed by atoms with E-state index < -0.39 is 17.5 Å². The van der Waals surface area contributed by atoms with Crippen molar-refractivity contribution in [3.63, 3.8) is 0 Å². The third kappa shape index (κ3) is 4.48. The average Bonchev–Trinajstić information content (AvgIpc) is 2.25. The first-order valence-electron chi connectivity index (χ1n) is 5.40. The van der Waals surface area contributed by atoms with Crippen LogP contribution >= 0.6 is 0 Å². The maximum absolute atomic E-state index is 12.9. The molecule has 2 N–H and O–H groups in total. The van der Waals surface area contributed by atoms with Gasteiger partial charge in [-0.15, -0.1) is 0 Å². The van der Waals surface area contributed by atoms with E-state index in [1.807, 2.05) is 0 Å². The summed E-state index contributed by atoms with van der Waals surface area (Å²) in [6, 6.07) is 2.53. The normalized spacial score (nSPS) is 12.2. The highest BCUT2D eigenvalue weighted by Gasteiger charge is 2.11. The van der Waals surface area contributed by atoms with Gasteiger partial charge in [-0.05, 0) is 31.9 Å². The minimum Gasteiger partial charge on any atom is -0.396 e. The first-order chi connectivity index (χ1) is 8.02. The van der Waals surface area contributed by atoms with Crippen molar-refractivity contribution in [2.45, 2.75) is 25.8 Å². The first kappa shape index (κ1) is 13.6. The molecule has 0 fully saturated rings. The van der Waals surface area contributed by atoms with Gasteiger partial charge in [0.2, 0.25) is 0 Å². The molecule has 0 spiro atoms. The van der Waals surface area contributed by atoms with Gasteiger partial charge in [-0.2, -0.15) is 0 Å². The molecule has 0 aliphatic heterocycles. The largest absolute Gasteiger partial charge is 0.396 e. The third-order valence-corrected chi connectivity index (χ3v) is 2.30. The zero-order chi connectivity index (χ0) is 12.8. The molecule has 0 aromatic heterocycles. The van der Waals surface area contributed by atoms with Crippen molar-refractivity contribution < 1.29 is 18.7 Å². The summed E-state index contributed by atoms with van der Waals surface area (Å²) in [5.74, 6) is -2.08. The number of carbonyl (C=O) groups is 1. The van der Waals surface area contributed by atoms with Gasteiger partial charge in [0, 0.05) is 24.3 Å². The highest BCUT2D eigenvalue weighted by Crippen LogP contribution is 2.08. The Labute approximate surface area is 98.5 Å². The first-order valence-corrected chi connectivity index (χ1v) is 5.40. The zero-order valence-electron chi connectivity index (χ0n) is 9.54. The van der Waals surface area contributed by atoms with Gasteiger partial charge in [0.25, 0.3) is 5.91 Å². The molecule has 1 aromatic rings. The van der Waals surface area contributed by atoms with E-state index in [9.17, 15) is 13.6 Å². The van der Waals surface area contributed by atoms with Crippen LogP contribution in [0.25, 0.3) is 0 Å². The van der Waals surface area contributed by atoms with Crippen LogP contribution in [0.5, 0.6) is 0 Å². The van der Waals surface area contributed by atoms with Crippen LogP contribution in [0.2, 0.25) is 0 Å². The molecule has 17 heavy (non-hydrogen) atoms. The van der Waals surface area contributed by atoms with E-state index in [0.717, 1.165) is 12.1 Å². The summed E-state index contributed by atoms with van der Waals surface area (Å²) < 4.78 is 25.8. The molecular formula is C12H15F2NO2. The van der Waals surface area contributed by atoms with E-state index in [1.165, 1.54) is 0 Å². The van der Waals surface area contributed by atoms with Crippen molar-refractivity contribution in [1.82, 2.24) is 5.32 Å². The smallest absolute Gasteiger partial charge is 0.251 e. The average molecular weight is 243 g/mol. The van der Waals surface area contributed by atoms with E-state index in [-0.39, 0.29) is 18.2 Å². The second-order valence-electron chi connectivity index (χ2n) is 3.90. The molecule has 1 amide bonds. The van der Waals surface area contributed by atoms with Crippen LogP contribution in [0.3, 0.4) is 0 Å². The molecule has 94 valence electrons. The molecule has 5 heteroatoms. The summed E-state index contributed by atoms with van der Waals surface area (Å²) in [6.45, 7) is 1.82. The lowest BCUT2D eigenvalue weighted by molar-refractivity contribution is 0.0935. The van der Waals surface area contributed by atoms with Gasteiger partial charge in [-0.25, -0.2) is 8.78 Å². The molecule has 0 saturated heterocycles. The fourth-order valence-electron chi connectivity index (χ4n) is 1.46. The summed E-state index contributed by atoms with van der Waals surface area (Å²) in [6.07, 6.45) is 1.18. The third-order valence-electron chi connectivity index (χ3n) is 2.30. The van der Waals surface area contributed by atoms with Gasteiger partial charge in [-0.3, -0.25) is 4.79 Å². The molecule has 1 rings (SSSR count). The number of benzene rings is 1. The molecular weight excluding hydrogens is 228 g/mol. The minimum atomic E-state index is -0.779. The van der Waals surface area contributed by atoms with Crippen molar-refractivity contribution >= 4 is 5.91 Å². The molecule has 0 aliphatic carbocycles. The lowest BCUT2D eigenvalue weighted by Crippen LogP contribution is -2.32. The number of aliphatic hydroxyl groups excluding tert-OH is 1. The summed E-state index contributed by atoms with van der Waals surface area (Å²) in [4.78, 5) is 11.6. The number of carbonyl (C=O) groups excluding carboxylic acids is 1. The van der Waals surface area contributed by atoms with Crippen molar-refractivity contribution in [3.8, 4) is 0 Å². The number of rotatable bonds is 5. The SMILES string of the molecule is CC(CCCO)NC(=O)c1cc(F)cc(F)c1. The monoisotopic (exact) mass is 243 g/mol. The van der Waals surface area contributed by atoms with E-state index in [1.54, 1.807) is 6.92 Å². The van der Waals surface area contributed by atoms with Crippen molar-refractivity contribution in [1.29, 1.82) is 0 Å². The molecule has 0 bridgehead atoms. The maximum Gasteiger partial charge on any atom is 0.251 e. The van der Waals surface area contributed by atoms with Crippen LogP contribution in [0.15, 0.2) is 18.2 Å². The van der Waals surface area contributed by atoms with E-state index in [2.05, 4.69) is 5.32 Å². The van der Waals surface area contributed by atoms with Crippen molar-refractivity contribution in [2.75, 3.05) is 6.61 Å². The van der Waals surface area contributed by atoms with E-state index in [4.69, 9.17) is 5.11 Å². The summed E-state index contributed by atoms with van der Waals surface area (Å²) in [5.41, 5.74) is -0.0432. The Bertz CT molecular complexity index is 376. The number of hydrogen-bond acceptors (Lipinski definition) is 2. The maximum atomic E-state index is 12.9. The molecule has 0 saturated carbocycles. The van der Waals surface area contributed by atoms with Crippen LogP contribution in [0.4, 0.5) is 8.78 Å². The fourth-order valence-corrected chi connectivity index (χ4v) is 1.46. The topological polar surface area (TPSA) is 49.3 Å². The highest BCUT2D eigenvalue weighted by atomic mass is 19.1. The number of amides is 1. The van der Waals surface area contributed by atoms with Crippen LogP contribution in [0.1, 0.15) is 30.1 Å². The van der Waals surface area contributed by atoms with Crippen LogP contribution in [0, 0.1) is 11.6 Å². The van der Waals surface area contributed by atoms with E-state index >= 15 is 0 Å². The van der Waals surface area contributed by atoms with E-state index in [0.29, 0.717) is 18.9 Å². The standard InChI is InChI=1S/C12H15F2NO2/c1-8(3-2-4-16)15-12(17)9-5-10(13)7-11(14)6-9/h5-8,16H,2-4H2,1H3,(H,15,17). The molecule has 0 heterocycles. The fraction of sp³-hybridized carbons (Fsp3) is 0.417. The Morgan fingerprint density at radius 2 is 1.94 bits per heavy atom. The summed E-state index contributed by atoms with van der Waals surface area (Å²) in [7, 11) is 0. The lowest BCUT2D eigenvalue weighted by Gasteiger charge is -2.13. The van der Waals surface area contributed by atoms with Gasteiger partial charge in [0.05, 0.1) is 0 Å². The quantitative estimate of drug-likeness (QED) is 0.829. The number of halogens is 2. The zero-order valence-corrected chi connectivity index (χ0v) is 9.54. The number of aliphatic hydroxyl groups is 1. The molecule has 0 aliphatic rings. The van der Waals surface area contributed by atoms with Crippen LogP contribution in [-0.4, -0.2) is 23.7 Å². The summed E-state index contributed by atoms with van der Waals surface area (Å²) in [5, 5.41) is 11.2.